The van der Waals surface area contributed by atoms with Gasteiger partial charge in [0.25, 0.3) is 0 Å². The van der Waals surface area contributed by atoms with E-state index >= 15 is 0 Å². The first-order chi connectivity index (χ1) is 19.1. The van der Waals surface area contributed by atoms with Gasteiger partial charge in [-0.3, -0.25) is 4.31 Å². The second kappa shape index (κ2) is 11.1. The number of nitrogens with one attached hydrogen (secondary N) is 1. The van der Waals surface area contributed by atoms with Crippen molar-refractivity contribution >= 4 is 44.2 Å². The van der Waals surface area contributed by atoms with Crippen molar-refractivity contribution in [3.05, 3.63) is 66.1 Å². The van der Waals surface area contributed by atoms with Crippen molar-refractivity contribution in [3.8, 4) is 6.07 Å². The van der Waals surface area contributed by atoms with Gasteiger partial charge >= 0.3 is 0 Å². The summed E-state index contributed by atoms with van der Waals surface area (Å²) in [5.41, 5.74) is 3.72. The molecule has 0 saturated carbocycles. The summed E-state index contributed by atoms with van der Waals surface area (Å²) in [5, 5.41) is 13.6. The van der Waals surface area contributed by atoms with E-state index in [1.54, 1.807) is 24.7 Å². The lowest BCUT2D eigenvalue weighted by Gasteiger charge is -2.36. The average Bonchev–Trinajstić information content (AvgIpc) is 3.29. The summed E-state index contributed by atoms with van der Waals surface area (Å²) in [6.45, 7) is 2.34. The van der Waals surface area contributed by atoms with Crippen molar-refractivity contribution in [3.63, 3.8) is 0 Å². The summed E-state index contributed by atoms with van der Waals surface area (Å²) >= 11 is 0. The minimum absolute atomic E-state index is 0.275. The predicted molar refractivity (Wildman–Crippen MR) is 157 cm³/mol. The second-order valence-corrected chi connectivity index (χ2v) is 12.3. The number of nitrogens with zero attached hydrogens (tertiary/aromatic N) is 8. The maximum Gasteiger partial charge on any atom is 0.233 e. The Morgan fingerprint density at radius 3 is 2.48 bits per heavy atom. The van der Waals surface area contributed by atoms with Crippen LogP contribution in [0.3, 0.4) is 0 Å². The number of pyridine rings is 1. The number of hydrogen-bond acceptors (Lipinski definition) is 9. The number of aromatic nitrogens is 4. The summed E-state index contributed by atoms with van der Waals surface area (Å²) in [4.78, 5) is 18.2. The molecule has 1 saturated heterocycles. The molecule has 12 heteroatoms. The monoisotopic (exact) mass is 559 g/mol. The summed E-state index contributed by atoms with van der Waals surface area (Å²) in [6.07, 6.45) is 8.32. The fourth-order valence-electron chi connectivity index (χ4n) is 5.04. The molecule has 1 fully saturated rings. The van der Waals surface area contributed by atoms with Crippen LogP contribution in [0.5, 0.6) is 0 Å². The van der Waals surface area contributed by atoms with Gasteiger partial charge in [-0.25, -0.2) is 18.4 Å². The average molecular weight is 560 g/mol. The summed E-state index contributed by atoms with van der Waals surface area (Å²) in [6, 6.07) is 14.6. The minimum Gasteiger partial charge on any atom is -0.371 e. The highest BCUT2D eigenvalue weighted by Gasteiger charge is 2.21. The topological polar surface area (TPSA) is 123 Å². The van der Waals surface area contributed by atoms with Gasteiger partial charge < -0.3 is 19.7 Å². The Morgan fingerprint density at radius 1 is 1.10 bits per heavy atom. The number of anilines is 4. The van der Waals surface area contributed by atoms with Crippen LogP contribution in [-0.4, -0.2) is 79.4 Å². The van der Waals surface area contributed by atoms with Crippen molar-refractivity contribution < 1.29 is 8.42 Å². The first-order valence-corrected chi connectivity index (χ1v) is 14.9. The molecule has 11 nitrogen and oxygen atoms in total. The third-order valence-electron chi connectivity index (χ3n) is 7.42. The Morgan fingerprint density at radius 2 is 1.82 bits per heavy atom. The van der Waals surface area contributed by atoms with E-state index in [-0.39, 0.29) is 6.54 Å². The zero-order chi connectivity index (χ0) is 28.4. The zero-order valence-corrected chi connectivity index (χ0v) is 23.9. The van der Waals surface area contributed by atoms with Crippen molar-refractivity contribution in [1.82, 2.24) is 24.4 Å². The molecule has 4 aromatic rings. The van der Waals surface area contributed by atoms with E-state index in [0.29, 0.717) is 40.0 Å². The third kappa shape index (κ3) is 5.71. The lowest BCUT2D eigenvalue weighted by molar-refractivity contribution is 0.249. The number of nitriles is 1. The summed E-state index contributed by atoms with van der Waals surface area (Å²) in [5.74, 6) is 0.722. The fraction of sp³-hybridized carbons (Fsp3) is 0.357. The Kier molecular flexibility index (Phi) is 7.60. The van der Waals surface area contributed by atoms with Crippen molar-refractivity contribution in [1.29, 1.82) is 5.26 Å². The smallest absolute Gasteiger partial charge is 0.233 e. The number of hydrogen-bond donors (Lipinski definition) is 1. The maximum absolute atomic E-state index is 12.2. The van der Waals surface area contributed by atoms with Gasteiger partial charge in [0.2, 0.25) is 16.0 Å². The van der Waals surface area contributed by atoms with Gasteiger partial charge in [-0.2, -0.15) is 10.2 Å². The van der Waals surface area contributed by atoms with Crippen LogP contribution >= 0.6 is 0 Å². The number of rotatable bonds is 8. The van der Waals surface area contributed by atoms with Crippen molar-refractivity contribution in [2.75, 3.05) is 55.0 Å². The number of benzene rings is 1. The molecule has 0 unspecified atom stereocenters. The molecule has 1 aromatic carbocycles. The van der Waals surface area contributed by atoms with E-state index in [0.717, 1.165) is 42.2 Å². The van der Waals surface area contributed by atoms with Crippen molar-refractivity contribution in [2.45, 2.75) is 25.4 Å². The molecule has 0 spiro atoms. The molecular formula is C28H33N9O2S. The second-order valence-electron chi connectivity index (χ2n) is 10.3. The molecule has 0 amide bonds. The minimum atomic E-state index is -3.50. The molecule has 40 heavy (non-hydrogen) atoms. The van der Waals surface area contributed by atoms with Crippen LogP contribution in [0, 0.1) is 11.3 Å². The van der Waals surface area contributed by atoms with Gasteiger partial charge in [0.05, 0.1) is 23.8 Å². The van der Waals surface area contributed by atoms with E-state index in [2.05, 4.69) is 57.4 Å². The molecule has 0 bridgehead atoms. The first kappa shape index (κ1) is 27.4. The standard InChI is InChI=1S/C28H33N9O2S/c1-34(2)23-11-14-36(15-12-23)24-9-7-22(8-10-24)32-28-31-17-25-21(16-29)19-37(27(25)33-28)18-20-6-5-13-30-26(20)35(3)40(4,38)39/h5-10,13,17,19,23H,11-12,14-15,18H2,1-4H3,(H,31,32,33). The van der Waals surface area contributed by atoms with E-state index in [1.807, 2.05) is 22.8 Å². The molecule has 4 heterocycles. The number of sulfonamides is 1. The van der Waals surface area contributed by atoms with Crippen LogP contribution in [0.15, 0.2) is 55.0 Å². The highest BCUT2D eigenvalue weighted by Crippen LogP contribution is 2.27. The Bertz CT molecular complexity index is 1650. The van der Waals surface area contributed by atoms with Gasteiger partial charge in [0, 0.05) is 61.7 Å². The van der Waals surface area contributed by atoms with Gasteiger partial charge in [0.1, 0.15) is 17.5 Å². The van der Waals surface area contributed by atoms with Gasteiger partial charge in [0.15, 0.2) is 0 Å². The van der Waals surface area contributed by atoms with Crippen LogP contribution in [0.1, 0.15) is 24.0 Å². The molecule has 1 aliphatic rings. The molecular weight excluding hydrogens is 526 g/mol. The van der Waals surface area contributed by atoms with Crippen LogP contribution in [0.25, 0.3) is 11.0 Å². The van der Waals surface area contributed by atoms with E-state index in [9.17, 15) is 13.7 Å². The Hall–Kier alpha value is -4.21. The molecule has 0 aliphatic carbocycles. The summed E-state index contributed by atoms with van der Waals surface area (Å²) < 4.78 is 27.3. The lowest BCUT2D eigenvalue weighted by Crippen LogP contribution is -2.41. The Labute approximate surface area is 234 Å². The fourth-order valence-corrected chi connectivity index (χ4v) is 5.52. The van der Waals surface area contributed by atoms with Gasteiger partial charge in [-0.1, -0.05) is 6.07 Å². The quantitative estimate of drug-likeness (QED) is 0.346. The Balaban J connectivity index is 1.38. The van der Waals surface area contributed by atoms with Crippen LogP contribution in [-0.2, 0) is 16.6 Å². The predicted octanol–water partition coefficient (Wildman–Crippen LogP) is 3.42. The molecule has 1 aliphatic heterocycles. The molecule has 208 valence electrons. The highest BCUT2D eigenvalue weighted by atomic mass is 32.2. The summed E-state index contributed by atoms with van der Waals surface area (Å²) in [7, 11) is 2.26. The van der Waals surface area contributed by atoms with Gasteiger partial charge in [-0.15, -0.1) is 0 Å². The zero-order valence-electron chi connectivity index (χ0n) is 23.1. The van der Waals surface area contributed by atoms with E-state index in [4.69, 9.17) is 4.98 Å². The molecule has 5 rings (SSSR count). The first-order valence-electron chi connectivity index (χ1n) is 13.1. The largest absolute Gasteiger partial charge is 0.371 e. The van der Waals surface area contributed by atoms with Crippen molar-refractivity contribution in [2.24, 2.45) is 0 Å². The normalized spacial score (nSPS) is 14.4. The molecule has 0 atom stereocenters. The maximum atomic E-state index is 12.2. The highest BCUT2D eigenvalue weighted by molar-refractivity contribution is 7.92. The molecule has 3 aromatic heterocycles. The molecule has 1 N–H and O–H groups in total. The van der Waals surface area contributed by atoms with Gasteiger partial charge in [-0.05, 0) is 57.3 Å². The number of piperidine rings is 1. The SMILES string of the molecule is CN(C)C1CCN(c2ccc(Nc3ncc4c(C#N)cn(Cc5cccnc5N(C)S(C)(=O)=O)c4n3)cc2)CC1. The number of fused-ring (bicyclic) bond motifs is 1. The van der Waals surface area contributed by atoms with Crippen LogP contribution < -0.4 is 14.5 Å². The van der Waals surface area contributed by atoms with E-state index in [1.165, 1.54) is 12.7 Å². The lowest BCUT2D eigenvalue weighted by atomic mass is 10.0. The van der Waals surface area contributed by atoms with Crippen LogP contribution in [0.4, 0.5) is 23.1 Å². The van der Waals surface area contributed by atoms with E-state index < -0.39 is 10.0 Å². The third-order valence-corrected chi connectivity index (χ3v) is 8.59. The van der Waals surface area contributed by atoms with Crippen LogP contribution in [0.2, 0.25) is 0 Å². The molecule has 0 radical (unpaired) electrons.